The number of hydrogen-bond donors (Lipinski definition) is 2. The fourth-order valence-electron chi connectivity index (χ4n) is 9.07. The van der Waals surface area contributed by atoms with E-state index >= 15 is 0 Å². The van der Waals surface area contributed by atoms with E-state index in [1.165, 1.54) is 38.7 Å². The highest BCUT2D eigenvalue weighted by atomic mass is 32.2. The molecule has 0 spiro atoms. The van der Waals surface area contributed by atoms with Crippen molar-refractivity contribution in [2.45, 2.75) is 121 Å². The number of nitrogens with zero attached hydrogens (tertiary/aromatic N) is 4. The number of carbonyl (C=O) groups excluding carboxylic acids is 2. The number of carbonyl (C=O) groups is 2. The minimum atomic E-state index is -4.92. The molecule has 14 nitrogen and oxygen atoms in total. The molecular weight excluding hydrogens is 967 g/mol. The number of nitrogens with one attached hydrogen (secondary N) is 2. The number of benzene rings is 2. The lowest BCUT2D eigenvalue weighted by molar-refractivity contribution is -0.140. The fourth-order valence-corrected chi connectivity index (χ4v) is 13.1. The van der Waals surface area contributed by atoms with E-state index < -0.39 is 110 Å². The Kier molecular flexibility index (Phi) is 14.3. The number of aryl methyl sites for hydroxylation is 2. The number of hydrogen-bond acceptors (Lipinski definition) is 12. The molecule has 4 saturated carbocycles. The number of sulfone groups is 2. The smallest absolute Gasteiger partial charge is 0.381 e. The third kappa shape index (κ3) is 10.8. The molecule has 0 saturated heterocycles. The van der Waals surface area contributed by atoms with Crippen LogP contribution in [0.2, 0.25) is 0 Å². The summed E-state index contributed by atoms with van der Waals surface area (Å²) in [5.41, 5.74) is -1.68. The third-order valence-electron chi connectivity index (χ3n) is 13.3. The van der Waals surface area contributed by atoms with Crippen molar-refractivity contribution < 1.29 is 62.2 Å². The van der Waals surface area contributed by atoms with Crippen LogP contribution in [0.1, 0.15) is 73.6 Å². The molecule has 0 aliphatic heterocycles. The Morgan fingerprint density at radius 3 is 1.24 bits per heavy atom. The van der Waals surface area contributed by atoms with Gasteiger partial charge in [0.25, 0.3) is 0 Å². The van der Waals surface area contributed by atoms with Crippen molar-refractivity contribution in [3.63, 3.8) is 0 Å². The molecule has 372 valence electrons. The van der Waals surface area contributed by atoms with Crippen LogP contribution in [0.3, 0.4) is 0 Å². The van der Waals surface area contributed by atoms with E-state index in [9.17, 15) is 63.3 Å². The van der Waals surface area contributed by atoms with E-state index in [4.69, 9.17) is 9.47 Å². The molecule has 2 aromatic heterocycles. The van der Waals surface area contributed by atoms with Gasteiger partial charge >= 0.3 is 12.4 Å². The second kappa shape index (κ2) is 19.3. The van der Waals surface area contributed by atoms with E-state index in [0.717, 1.165) is 35.4 Å². The van der Waals surface area contributed by atoms with Gasteiger partial charge in [0.2, 0.25) is 11.8 Å². The first-order valence-corrected chi connectivity index (χ1v) is 25.2. The molecule has 4 fully saturated rings. The van der Waals surface area contributed by atoms with Crippen molar-refractivity contribution in [2.75, 3.05) is 14.2 Å². The van der Waals surface area contributed by atoms with Crippen molar-refractivity contribution in [2.24, 2.45) is 11.8 Å². The summed E-state index contributed by atoms with van der Waals surface area (Å²) in [7, 11) is -6.28. The van der Waals surface area contributed by atoms with Crippen LogP contribution in [0.15, 0.2) is 83.1 Å². The Morgan fingerprint density at radius 2 is 0.957 bits per heavy atom. The van der Waals surface area contributed by atoms with Gasteiger partial charge in [-0.05, 0) is 124 Å². The van der Waals surface area contributed by atoms with Gasteiger partial charge in [-0.15, -0.1) is 0 Å². The van der Waals surface area contributed by atoms with Gasteiger partial charge in [-0.1, -0.05) is 12.1 Å². The SMILES string of the molecule is CO[C@@H]1C[C@H](S(=O)(=O)c2ccc(-c3cncc(C)c3)cc2C(F)(F)F)C[C@H]1C(=O)NC1(C#N)CC1.CO[C@H]1C[C@@H](S(=O)(=O)c2ccc(-c3cncc(C)c3)cc2C(F)(F)F)C[C@@H]1C(=O)NC1(C#N)CC1. The maximum atomic E-state index is 14.0. The van der Waals surface area contributed by atoms with Gasteiger partial charge in [-0.25, -0.2) is 16.8 Å². The maximum absolute atomic E-state index is 14.0. The summed E-state index contributed by atoms with van der Waals surface area (Å²) in [6.07, 6.45) is -4.14. The van der Waals surface area contributed by atoms with Crippen LogP contribution in [0.4, 0.5) is 26.3 Å². The van der Waals surface area contributed by atoms with Gasteiger partial charge in [-0.2, -0.15) is 36.9 Å². The quantitative estimate of drug-likeness (QED) is 0.131. The molecule has 70 heavy (non-hydrogen) atoms. The van der Waals surface area contributed by atoms with Gasteiger partial charge in [0.05, 0.1) is 67.6 Å². The molecular formula is C48H48F6N6O8S2. The number of aromatic nitrogens is 2. The zero-order valence-corrected chi connectivity index (χ0v) is 39.8. The van der Waals surface area contributed by atoms with E-state index in [1.54, 1.807) is 38.4 Å². The number of ether oxygens (including phenoxy) is 2. The summed E-state index contributed by atoms with van der Waals surface area (Å²) in [4.78, 5) is 31.9. The first-order valence-electron chi connectivity index (χ1n) is 22.1. The molecule has 22 heteroatoms. The minimum absolute atomic E-state index is 0.128. The van der Waals surface area contributed by atoms with Crippen LogP contribution < -0.4 is 10.6 Å². The Morgan fingerprint density at radius 1 is 0.600 bits per heavy atom. The number of amides is 2. The van der Waals surface area contributed by atoms with Gasteiger partial charge in [-0.3, -0.25) is 19.6 Å². The topological polar surface area (TPSA) is 218 Å². The Labute approximate surface area is 400 Å². The molecule has 6 atom stereocenters. The lowest BCUT2D eigenvalue weighted by atomic mass is 10.0. The second-order valence-electron chi connectivity index (χ2n) is 18.3. The highest BCUT2D eigenvalue weighted by Gasteiger charge is 2.53. The average Bonchev–Trinajstić information content (AvgIpc) is 4.16. The second-order valence-corrected chi connectivity index (χ2v) is 22.7. The van der Waals surface area contributed by atoms with Crippen molar-refractivity contribution >= 4 is 31.5 Å². The molecule has 2 amide bonds. The maximum Gasteiger partial charge on any atom is 0.417 e. The van der Waals surface area contributed by atoms with Gasteiger partial charge in [0.15, 0.2) is 19.7 Å². The van der Waals surface area contributed by atoms with Gasteiger partial charge < -0.3 is 20.1 Å². The largest absolute Gasteiger partial charge is 0.417 e. The summed E-state index contributed by atoms with van der Waals surface area (Å²) in [5.74, 6) is -2.82. The summed E-state index contributed by atoms with van der Waals surface area (Å²) in [6.45, 7) is 3.50. The molecule has 4 aliphatic carbocycles. The van der Waals surface area contributed by atoms with Crippen LogP contribution in [0, 0.1) is 48.3 Å². The fraction of sp³-hybridized carbons (Fsp3) is 0.458. The summed E-state index contributed by atoms with van der Waals surface area (Å²) >= 11 is 0. The summed E-state index contributed by atoms with van der Waals surface area (Å²) in [6, 6.07) is 13.6. The summed E-state index contributed by atoms with van der Waals surface area (Å²) in [5, 5.41) is 21.2. The standard InChI is InChI=1S/2C24H24F3N3O4S/c2*1-14-7-16(12-29-11-14)15-3-4-21(19(8-15)24(25,26)27)35(32,33)17-9-18(20(10-17)34-2)22(31)30-23(13-28)5-6-23/h2*3-4,7-8,11-12,17-18,20H,5-6,9-10H2,1-2H3,(H,30,31)/t2*17-,18-,20-/m10/s1. The monoisotopic (exact) mass is 1010 g/mol. The number of nitriles is 2. The lowest BCUT2D eigenvalue weighted by Crippen LogP contribution is -2.42. The van der Waals surface area contributed by atoms with Crippen molar-refractivity contribution in [3.05, 3.63) is 95.6 Å². The normalized spacial score (nSPS) is 23.5. The third-order valence-corrected chi connectivity index (χ3v) is 17.8. The molecule has 0 radical (unpaired) electrons. The van der Waals surface area contributed by atoms with Gasteiger partial charge in [0.1, 0.15) is 11.1 Å². The Balaban J connectivity index is 0.000000206. The van der Waals surface area contributed by atoms with Crippen molar-refractivity contribution in [1.29, 1.82) is 10.5 Å². The van der Waals surface area contributed by atoms with E-state index in [-0.39, 0.29) is 36.8 Å². The highest BCUT2D eigenvalue weighted by Crippen LogP contribution is 2.45. The molecule has 2 N–H and O–H groups in total. The predicted octanol–water partition coefficient (Wildman–Crippen LogP) is 7.63. The Hall–Kier alpha value is -5.94. The number of rotatable bonds is 12. The molecule has 2 aromatic carbocycles. The number of pyridine rings is 2. The molecule has 2 heterocycles. The van der Waals surface area contributed by atoms with Crippen LogP contribution in [-0.4, -0.2) is 86.6 Å². The zero-order valence-electron chi connectivity index (χ0n) is 38.2. The molecule has 4 aromatic rings. The molecule has 0 bridgehead atoms. The first kappa shape index (κ1) is 51.9. The summed E-state index contributed by atoms with van der Waals surface area (Å²) < 4.78 is 149. The van der Waals surface area contributed by atoms with Crippen molar-refractivity contribution in [1.82, 2.24) is 20.6 Å². The number of alkyl halides is 6. The number of methoxy groups -OCH3 is 2. The van der Waals surface area contributed by atoms with E-state index in [1.807, 2.05) is 12.1 Å². The molecule has 4 aliphatic rings. The highest BCUT2D eigenvalue weighted by molar-refractivity contribution is 7.92. The van der Waals surface area contributed by atoms with Gasteiger partial charge in [0, 0.05) is 50.1 Å². The minimum Gasteiger partial charge on any atom is -0.381 e. The van der Waals surface area contributed by atoms with E-state index in [2.05, 4.69) is 20.6 Å². The molecule has 8 rings (SSSR count). The van der Waals surface area contributed by atoms with Crippen molar-refractivity contribution in [3.8, 4) is 34.4 Å². The van der Waals surface area contributed by atoms with E-state index in [0.29, 0.717) is 36.8 Å². The lowest BCUT2D eigenvalue weighted by Gasteiger charge is -2.19. The average molecular weight is 1020 g/mol. The van der Waals surface area contributed by atoms with Crippen LogP contribution >= 0.6 is 0 Å². The van der Waals surface area contributed by atoms with Crippen LogP contribution in [-0.2, 0) is 51.1 Å². The zero-order chi connectivity index (χ0) is 51.2. The first-order chi connectivity index (χ1) is 32.8. The molecule has 0 unspecified atom stereocenters. The van der Waals surface area contributed by atoms with Crippen LogP contribution in [0.25, 0.3) is 22.3 Å². The Bertz CT molecular complexity index is 2800. The predicted molar refractivity (Wildman–Crippen MR) is 239 cm³/mol. The van der Waals surface area contributed by atoms with Crippen LogP contribution in [0.5, 0.6) is 0 Å². The number of halogens is 6.